The van der Waals surface area contributed by atoms with E-state index >= 15 is 0 Å². The number of carbonyl (C=O) groups excluding carboxylic acids is 1. The highest BCUT2D eigenvalue weighted by Crippen LogP contribution is 2.27. The highest BCUT2D eigenvalue weighted by atomic mass is 35.5. The standard InChI is InChI=1S/C13H7Cl2N3OS/c14-10-3-1-2-8(11(10)15)6-9(7-16)12(19)18-13-17-4-5-20-13/h1-6H,(H,17,18,19). The third kappa shape index (κ3) is 3.36. The van der Waals surface area contributed by atoms with E-state index in [4.69, 9.17) is 28.5 Å². The number of hydrogen-bond acceptors (Lipinski definition) is 4. The third-order valence-electron chi connectivity index (χ3n) is 2.30. The molecule has 0 atom stereocenters. The van der Waals surface area contributed by atoms with Crippen LogP contribution in [-0.2, 0) is 4.79 Å². The number of thiazole rings is 1. The molecule has 0 radical (unpaired) electrons. The fourth-order valence-corrected chi connectivity index (χ4v) is 2.27. The molecule has 2 aromatic rings. The van der Waals surface area contributed by atoms with Gasteiger partial charge in [0.25, 0.3) is 5.91 Å². The van der Waals surface area contributed by atoms with Gasteiger partial charge in [0.2, 0.25) is 0 Å². The number of hydrogen-bond donors (Lipinski definition) is 1. The Bertz CT molecular complexity index is 705. The summed E-state index contributed by atoms with van der Waals surface area (Å²) in [6.07, 6.45) is 2.95. The van der Waals surface area contributed by atoms with E-state index in [1.54, 1.807) is 29.8 Å². The number of aromatic nitrogens is 1. The first-order valence-electron chi connectivity index (χ1n) is 5.38. The third-order valence-corrected chi connectivity index (χ3v) is 3.82. The van der Waals surface area contributed by atoms with Crippen molar-refractivity contribution < 1.29 is 4.79 Å². The molecule has 0 aliphatic carbocycles. The second-order valence-electron chi connectivity index (χ2n) is 3.60. The molecule has 1 N–H and O–H groups in total. The average Bonchev–Trinajstić information content (AvgIpc) is 2.93. The van der Waals surface area contributed by atoms with Crippen LogP contribution in [-0.4, -0.2) is 10.9 Å². The molecule has 4 nitrogen and oxygen atoms in total. The van der Waals surface area contributed by atoms with Gasteiger partial charge in [-0.15, -0.1) is 11.3 Å². The van der Waals surface area contributed by atoms with Gasteiger partial charge in [-0.05, 0) is 17.7 Å². The number of carbonyl (C=O) groups is 1. The van der Waals surface area contributed by atoms with Gasteiger partial charge in [-0.2, -0.15) is 5.26 Å². The zero-order chi connectivity index (χ0) is 14.5. The molecule has 0 aliphatic heterocycles. The van der Waals surface area contributed by atoms with Crippen molar-refractivity contribution in [2.45, 2.75) is 0 Å². The average molecular weight is 324 g/mol. The minimum Gasteiger partial charge on any atom is -0.297 e. The Kier molecular flexibility index (Phi) is 4.74. The van der Waals surface area contributed by atoms with Crippen molar-refractivity contribution in [3.63, 3.8) is 0 Å². The second kappa shape index (κ2) is 6.53. The summed E-state index contributed by atoms with van der Waals surface area (Å²) in [4.78, 5) is 15.8. The Morgan fingerprint density at radius 2 is 2.25 bits per heavy atom. The maximum atomic E-state index is 11.9. The summed E-state index contributed by atoms with van der Waals surface area (Å²) >= 11 is 13.2. The van der Waals surface area contributed by atoms with Crippen LogP contribution in [0, 0.1) is 11.3 Å². The van der Waals surface area contributed by atoms with Gasteiger partial charge in [-0.3, -0.25) is 10.1 Å². The second-order valence-corrected chi connectivity index (χ2v) is 5.28. The number of halogens is 2. The molecule has 0 saturated heterocycles. The number of nitriles is 1. The number of anilines is 1. The van der Waals surface area contributed by atoms with Crippen molar-refractivity contribution in [3.8, 4) is 6.07 Å². The van der Waals surface area contributed by atoms with Crippen LogP contribution in [0.1, 0.15) is 5.56 Å². The van der Waals surface area contributed by atoms with E-state index in [1.807, 2.05) is 6.07 Å². The summed E-state index contributed by atoms with van der Waals surface area (Å²) in [5.74, 6) is -0.543. The number of nitrogens with zero attached hydrogens (tertiary/aromatic N) is 2. The van der Waals surface area contributed by atoms with Crippen LogP contribution in [0.2, 0.25) is 10.0 Å². The first-order valence-corrected chi connectivity index (χ1v) is 7.02. The molecule has 1 heterocycles. The van der Waals surface area contributed by atoms with Crippen molar-refractivity contribution in [1.82, 2.24) is 4.98 Å². The summed E-state index contributed by atoms with van der Waals surface area (Å²) in [5, 5.41) is 14.4. The maximum Gasteiger partial charge on any atom is 0.268 e. The number of amides is 1. The fourth-order valence-electron chi connectivity index (χ4n) is 1.39. The fraction of sp³-hybridized carbons (Fsp3) is 0. The molecule has 1 amide bonds. The van der Waals surface area contributed by atoms with E-state index in [-0.39, 0.29) is 5.57 Å². The predicted molar refractivity (Wildman–Crippen MR) is 80.8 cm³/mol. The molecule has 20 heavy (non-hydrogen) atoms. The zero-order valence-electron chi connectivity index (χ0n) is 9.93. The number of benzene rings is 1. The molecule has 0 spiro atoms. The smallest absolute Gasteiger partial charge is 0.268 e. The Morgan fingerprint density at radius 1 is 1.45 bits per heavy atom. The van der Waals surface area contributed by atoms with E-state index in [0.717, 1.165) is 0 Å². The Hall–Kier alpha value is -1.87. The molecular formula is C13H7Cl2N3OS. The first kappa shape index (κ1) is 14.5. The normalized spacial score (nSPS) is 10.9. The molecule has 0 fully saturated rings. The zero-order valence-corrected chi connectivity index (χ0v) is 12.3. The monoisotopic (exact) mass is 323 g/mol. The van der Waals surface area contributed by atoms with Crippen molar-refractivity contribution >= 4 is 51.7 Å². The molecular weight excluding hydrogens is 317 g/mol. The molecule has 2 rings (SSSR count). The van der Waals surface area contributed by atoms with Gasteiger partial charge in [0, 0.05) is 11.6 Å². The summed E-state index contributed by atoms with van der Waals surface area (Å²) in [6.45, 7) is 0. The van der Waals surface area contributed by atoms with Gasteiger partial charge in [0.1, 0.15) is 11.6 Å². The Labute approximate surface area is 129 Å². The summed E-state index contributed by atoms with van der Waals surface area (Å²) in [6, 6.07) is 6.82. The minimum atomic E-state index is -0.543. The minimum absolute atomic E-state index is 0.0793. The van der Waals surface area contributed by atoms with Crippen LogP contribution in [0.25, 0.3) is 6.08 Å². The van der Waals surface area contributed by atoms with E-state index in [1.165, 1.54) is 17.4 Å². The molecule has 0 unspecified atom stereocenters. The molecule has 0 saturated carbocycles. The quantitative estimate of drug-likeness (QED) is 0.685. The Morgan fingerprint density at radius 3 is 2.90 bits per heavy atom. The number of rotatable bonds is 3. The lowest BCUT2D eigenvalue weighted by Gasteiger charge is -2.02. The lowest BCUT2D eigenvalue weighted by molar-refractivity contribution is -0.112. The van der Waals surface area contributed by atoms with E-state index in [9.17, 15) is 4.79 Å². The molecule has 1 aromatic carbocycles. The Balaban J connectivity index is 2.28. The van der Waals surface area contributed by atoms with Crippen LogP contribution in [0.4, 0.5) is 5.13 Å². The molecule has 0 bridgehead atoms. The van der Waals surface area contributed by atoms with E-state index < -0.39 is 5.91 Å². The highest BCUT2D eigenvalue weighted by molar-refractivity contribution is 7.13. The van der Waals surface area contributed by atoms with E-state index in [0.29, 0.717) is 20.7 Å². The molecule has 100 valence electrons. The van der Waals surface area contributed by atoms with Crippen molar-refractivity contribution in [2.24, 2.45) is 0 Å². The van der Waals surface area contributed by atoms with Crippen LogP contribution in [0.15, 0.2) is 35.3 Å². The van der Waals surface area contributed by atoms with Crippen molar-refractivity contribution in [1.29, 1.82) is 5.26 Å². The predicted octanol–water partition coefficient (Wildman–Crippen LogP) is 4.00. The lowest BCUT2D eigenvalue weighted by atomic mass is 10.1. The SMILES string of the molecule is N#CC(=Cc1cccc(Cl)c1Cl)C(=O)Nc1nccs1. The van der Waals surface area contributed by atoms with Gasteiger partial charge >= 0.3 is 0 Å². The van der Waals surface area contributed by atoms with Gasteiger partial charge in [-0.1, -0.05) is 35.3 Å². The van der Waals surface area contributed by atoms with Gasteiger partial charge in [0.15, 0.2) is 5.13 Å². The topological polar surface area (TPSA) is 65.8 Å². The largest absolute Gasteiger partial charge is 0.297 e. The molecule has 7 heteroatoms. The van der Waals surface area contributed by atoms with Crippen LogP contribution in [0.3, 0.4) is 0 Å². The summed E-state index contributed by atoms with van der Waals surface area (Å²) < 4.78 is 0. The lowest BCUT2D eigenvalue weighted by Crippen LogP contribution is -2.13. The van der Waals surface area contributed by atoms with Crippen LogP contribution >= 0.6 is 34.5 Å². The van der Waals surface area contributed by atoms with Crippen LogP contribution < -0.4 is 5.32 Å². The summed E-state index contributed by atoms with van der Waals surface area (Å²) in [7, 11) is 0. The maximum absolute atomic E-state index is 11.9. The van der Waals surface area contributed by atoms with Gasteiger partial charge in [-0.25, -0.2) is 4.98 Å². The summed E-state index contributed by atoms with van der Waals surface area (Å²) in [5.41, 5.74) is 0.425. The van der Waals surface area contributed by atoms with Crippen LogP contribution in [0.5, 0.6) is 0 Å². The van der Waals surface area contributed by atoms with Gasteiger partial charge < -0.3 is 0 Å². The molecule has 0 aliphatic rings. The molecule has 1 aromatic heterocycles. The highest BCUT2D eigenvalue weighted by Gasteiger charge is 2.12. The number of nitrogens with one attached hydrogen (secondary N) is 1. The van der Waals surface area contributed by atoms with Crippen molar-refractivity contribution in [2.75, 3.05) is 5.32 Å². The van der Waals surface area contributed by atoms with Crippen molar-refractivity contribution in [3.05, 3.63) is 51.0 Å². The van der Waals surface area contributed by atoms with Gasteiger partial charge in [0.05, 0.1) is 10.0 Å². The first-order chi connectivity index (χ1) is 9.61. The van der Waals surface area contributed by atoms with E-state index in [2.05, 4.69) is 10.3 Å².